The van der Waals surface area contributed by atoms with Crippen molar-refractivity contribution in [3.8, 4) is 5.75 Å². The number of nitrogens with zero attached hydrogens (tertiary/aromatic N) is 2. The van der Waals surface area contributed by atoms with Crippen molar-refractivity contribution in [3.05, 3.63) is 48.0 Å². The molecule has 1 amide bonds. The van der Waals surface area contributed by atoms with Gasteiger partial charge in [-0.3, -0.25) is 13.9 Å². The zero-order valence-electron chi connectivity index (χ0n) is 16.6. The van der Waals surface area contributed by atoms with Crippen molar-refractivity contribution in [1.82, 2.24) is 0 Å². The molecule has 0 heterocycles. The lowest BCUT2D eigenvalue weighted by Crippen LogP contribution is -2.08. The fourth-order valence-electron chi connectivity index (χ4n) is 2.91. The fraction of sp³-hybridized carbons (Fsp3) is 0.105. The van der Waals surface area contributed by atoms with Gasteiger partial charge in [-0.2, -0.15) is 21.9 Å². The van der Waals surface area contributed by atoms with E-state index in [4.69, 9.17) is 0 Å². The highest BCUT2D eigenvalue weighted by Gasteiger charge is 2.25. The van der Waals surface area contributed by atoms with Crippen LogP contribution in [-0.4, -0.2) is 37.0 Å². The van der Waals surface area contributed by atoms with E-state index in [2.05, 4.69) is 15.5 Å². The van der Waals surface area contributed by atoms with Gasteiger partial charge in [0.1, 0.15) is 10.6 Å². The van der Waals surface area contributed by atoms with E-state index in [-0.39, 0.29) is 16.5 Å². The van der Waals surface area contributed by atoms with Crippen LogP contribution in [0.1, 0.15) is 12.5 Å². The summed E-state index contributed by atoms with van der Waals surface area (Å²) in [5.41, 5.74) is 0.381. The lowest BCUT2D eigenvalue weighted by molar-refractivity contribution is -0.114. The van der Waals surface area contributed by atoms with Gasteiger partial charge in [-0.05, 0) is 42.6 Å². The molecule has 0 aliphatic carbocycles. The topological polar surface area (TPSA) is 183 Å². The Bertz CT molecular complexity index is 1480. The number of benzene rings is 3. The Morgan fingerprint density at radius 3 is 2.09 bits per heavy atom. The second kappa shape index (κ2) is 8.27. The van der Waals surface area contributed by atoms with E-state index in [1.54, 1.807) is 24.3 Å². The average molecular weight is 479 g/mol. The molecule has 0 aliphatic rings. The van der Waals surface area contributed by atoms with E-state index in [0.29, 0.717) is 5.69 Å². The predicted molar refractivity (Wildman–Crippen MR) is 115 cm³/mol. The predicted octanol–water partition coefficient (Wildman–Crippen LogP) is 3.72. The molecule has 3 rings (SSSR count). The van der Waals surface area contributed by atoms with Gasteiger partial charge in [0.15, 0.2) is 5.75 Å². The van der Waals surface area contributed by atoms with Crippen LogP contribution < -0.4 is 5.32 Å². The molecule has 0 bridgehead atoms. The number of nitrogens with one attached hydrogen (secondary N) is 1. The first kappa shape index (κ1) is 23.3. The molecule has 0 radical (unpaired) electrons. The minimum Gasteiger partial charge on any atom is -0.505 e. The van der Waals surface area contributed by atoms with Crippen molar-refractivity contribution in [2.75, 3.05) is 5.32 Å². The molecule has 11 nitrogen and oxygen atoms in total. The number of amides is 1. The number of fused-ring (bicyclic) bond motifs is 1. The Hall–Kier alpha value is -3.39. The number of hydrogen-bond acceptors (Lipinski definition) is 8. The summed E-state index contributed by atoms with van der Waals surface area (Å²) in [6.07, 6.45) is 0. The third-order valence-electron chi connectivity index (χ3n) is 4.31. The van der Waals surface area contributed by atoms with Gasteiger partial charge >= 0.3 is 0 Å². The van der Waals surface area contributed by atoms with Gasteiger partial charge in [0.25, 0.3) is 20.2 Å². The van der Waals surface area contributed by atoms with Crippen LogP contribution >= 0.6 is 0 Å². The molecule has 0 aromatic heterocycles. The highest BCUT2D eigenvalue weighted by Crippen LogP contribution is 2.45. The number of rotatable bonds is 5. The molecule has 0 unspecified atom stereocenters. The minimum absolute atomic E-state index is 0.183. The Morgan fingerprint density at radius 1 is 0.938 bits per heavy atom. The molecule has 0 saturated heterocycles. The van der Waals surface area contributed by atoms with Crippen LogP contribution in [0.15, 0.2) is 62.5 Å². The van der Waals surface area contributed by atoms with Gasteiger partial charge in [-0.1, -0.05) is 17.7 Å². The van der Waals surface area contributed by atoms with Crippen molar-refractivity contribution in [2.45, 2.75) is 23.6 Å². The van der Waals surface area contributed by atoms with Gasteiger partial charge < -0.3 is 10.4 Å². The SMILES string of the molecule is CC(=O)Nc1cc(S(=O)(=O)O)cc2cc(S(=O)(=O)O)c(N=Nc3ccc(C)cc3)c(O)c12. The number of carbonyl (C=O) groups excluding carboxylic acids is 1. The summed E-state index contributed by atoms with van der Waals surface area (Å²) in [6.45, 7) is 2.96. The number of aromatic hydroxyl groups is 1. The number of phenols is 1. The first-order valence-electron chi connectivity index (χ1n) is 8.82. The molecule has 4 N–H and O–H groups in total. The van der Waals surface area contributed by atoms with Crippen LogP contribution in [0.25, 0.3) is 10.8 Å². The van der Waals surface area contributed by atoms with Crippen LogP contribution in [0.5, 0.6) is 5.75 Å². The van der Waals surface area contributed by atoms with Gasteiger partial charge in [0, 0.05) is 12.3 Å². The van der Waals surface area contributed by atoms with E-state index in [9.17, 15) is 35.8 Å². The Kier molecular flexibility index (Phi) is 6.02. The quantitative estimate of drug-likeness (QED) is 0.315. The number of aryl methyl sites for hydroxylation is 1. The van der Waals surface area contributed by atoms with Gasteiger partial charge in [0.2, 0.25) is 5.91 Å². The minimum atomic E-state index is -4.96. The van der Waals surface area contributed by atoms with Gasteiger partial charge in [-0.25, -0.2) is 0 Å². The van der Waals surface area contributed by atoms with E-state index in [1.807, 2.05) is 6.92 Å². The van der Waals surface area contributed by atoms with E-state index < -0.39 is 47.4 Å². The highest BCUT2D eigenvalue weighted by molar-refractivity contribution is 7.86. The van der Waals surface area contributed by atoms with Crippen LogP contribution in [0, 0.1) is 6.92 Å². The Balaban J connectivity index is 2.39. The molecular formula is C19H17N3O8S2. The lowest BCUT2D eigenvalue weighted by atomic mass is 10.1. The molecule has 3 aromatic carbocycles. The van der Waals surface area contributed by atoms with Crippen molar-refractivity contribution < 1.29 is 35.8 Å². The average Bonchev–Trinajstić information content (AvgIpc) is 2.66. The van der Waals surface area contributed by atoms with Crippen molar-refractivity contribution >= 4 is 54.0 Å². The van der Waals surface area contributed by atoms with E-state index in [1.165, 1.54) is 0 Å². The summed E-state index contributed by atoms with van der Waals surface area (Å²) in [4.78, 5) is 10.1. The number of anilines is 1. The van der Waals surface area contributed by atoms with Gasteiger partial charge in [-0.15, -0.1) is 5.11 Å². The third-order valence-corrected chi connectivity index (χ3v) is 6.01. The van der Waals surface area contributed by atoms with E-state index in [0.717, 1.165) is 30.7 Å². The molecule has 3 aromatic rings. The van der Waals surface area contributed by atoms with Crippen molar-refractivity contribution in [2.24, 2.45) is 10.2 Å². The molecule has 168 valence electrons. The lowest BCUT2D eigenvalue weighted by Gasteiger charge is -2.14. The zero-order valence-corrected chi connectivity index (χ0v) is 18.3. The first-order valence-corrected chi connectivity index (χ1v) is 11.7. The number of carbonyl (C=O) groups is 1. The molecule has 13 heteroatoms. The number of hydrogen-bond donors (Lipinski definition) is 4. The highest BCUT2D eigenvalue weighted by atomic mass is 32.2. The maximum absolute atomic E-state index is 12.0. The zero-order chi connectivity index (χ0) is 23.8. The fourth-order valence-corrected chi connectivity index (χ4v) is 4.11. The van der Waals surface area contributed by atoms with Crippen molar-refractivity contribution in [3.63, 3.8) is 0 Å². The first-order chi connectivity index (χ1) is 14.8. The standard InChI is InChI=1S/C19H17N3O8S2/c1-10-3-5-13(6-4-10)21-22-18-16(32(28,29)30)8-12-7-14(31(25,26)27)9-15(20-11(2)23)17(12)19(18)24/h3-9,24H,1-2H3,(H,20,23)(H,25,26,27)(H,28,29,30). The normalized spacial score (nSPS) is 12.4. The molecule has 32 heavy (non-hydrogen) atoms. The maximum atomic E-state index is 12.0. The van der Waals surface area contributed by atoms with E-state index >= 15 is 0 Å². The smallest absolute Gasteiger partial charge is 0.296 e. The van der Waals surface area contributed by atoms with Crippen molar-refractivity contribution in [1.29, 1.82) is 0 Å². The maximum Gasteiger partial charge on any atom is 0.296 e. The third kappa shape index (κ3) is 4.91. The summed E-state index contributed by atoms with van der Waals surface area (Å²) in [5, 5.41) is 20.4. The van der Waals surface area contributed by atoms with Crippen LogP contribution in [0.2, 0.25) is 0 Å². The summed E-state index contributed by atoms with van der Waals surface area (Å²) in [7, 11) is -9.72. The largest absolute Gasteiger partial charge is 0.505 e. The van der Waals surface area contributed by atoms with Gasteiger partial charge in [0.05, 0.1) is 16.3 Å². The second-order valence-corrected chi connectivity index (χ2v) is 9.62. The Morgan fingerprint density at radius 2 is 1.56 bits per heavy atom. The molecule has 0 atom stereocenters. The summed E-state index contributed by atoms with van der Waals surface area (Å²) < 4.78 is 66.2. The molecule has 0 fully saturated rings. The summed E-state index contributed by atoms with van der Waals surface area (Å²) in [6, 6.07) is 9.22. The number of phenolic OH excluding ortho intramolecular Hbond substituents is 1. The molecule has 0 spiro atoms. The summed E-state index contributed by atoms with van der Waals surface area (Å²) in [5.74, 6) is -1.43. The summed E-state index contributed by atoms with van der Waals surface area (Å²) >= 11 is 0. The van der Waals surface area contributed by atoms with Crippen LogP contribution in [-0.2, 0) is 25.0 Å². The molecule has 0 saturated carbocycles. The Labute approximate surface area is 182 Å². The number of azo groups is 1. The van der Waals surface area contributed by atoms with Crippen LogP contribution in [0.4, 0.5) is 17.1 Å². The molecule has 0 aliphatic heterocycles. The molecular weight excluding hydrogens is 462 g/mol. The van der Waals surface area contributed by atoms with Crippen LogP contribution in [0.3, 0.4) is 0 Å². The second-order valence-electron chi connectivity index (χ2n) is 6.81. The monoisotopic (exact) mass is 479 g/mol.